The minimum Gasteiger partial charge on any atom is -0.392 e. The molecule has 1 atom stereocenters. The van der Waals surface area contributed by atoms with Crippen LogP contribution in [0.1, 0.15) is 29.5 Å². The molecule has 3 N–H and O–H groups in total. The van der Waals surface area contributed by atoms with E-state index in [1.807, 2.05) is 32.3 Å². The van der Waals surface area contributed by atoms with E-state index in [0.29, 0.717) is 23.1 Å². The second-order valence-corrected chi connectivity index (χ2v) is 6.55. The summed E-state index contributed by atoms with van der Waals surface area (Å²) in [5.41, 5.74) is 1.51. The molecule has 1 unspecified atom stereocenters. The fourth-order valence-electron chi connectivity index (χ4n) is 3.09. The predicted octanol–water partition coefficient (Wildman–Crippen LogP) is 2.94. The van der Waals surface area contributed by atoms with Gasteiger partial charge in [-0.1, -0.05) is 18.2 Å². The first kappa shape index (κ1) is 19.4. The van der Waals surface area contributed by atoms with Crippen LogP contribution in [0.15, 0.2) is 42.5 Å². The van der Waals surface area contributed by atoms with Crippen LogP contribution in [-0.4, -0.2) is 42.8 Å². The van der Waals surface area contributed by atoms with Crippen molar-refractivity contribution in [3.63, 3.8) is 0 Å². The Morgan fingerprint density at radius 2 is 1.80 bits per heavy atom. The van der Waals surface area contributed by atoms with Gasteiger partial charge in [-0.25, -0.2) is 4.39 Å². The average molecular weight is 346 g/mol. The molecule has 0 saturated carbocycles. The first-order valence-corrected chi connectivity index (χ1v) is 8.46. The molecule has 4 nitrogen and oxygen atoms in total. The quantitative estimate of drug-likeness (QED) is 0.688. The average Bonchev–Trinajstić information content (AvgIpc) is 2.61. The van der Waals surface area contributed by atoms with Crippen LogP contribution in [0.5, 0.6) is 0 Å². The zero-order valence-corrected chi connectivity index (χ0v) is 15.1. The van der Waals surface area contributed by atoms with Gasteiger partial charge in [0.1, 0.15) is 11.4 Å². The van der Waals surface area contributed by atoms with Gasteiger partial charge in [0, 0.05) is 12.7 Å². The number of aliphatic hydroxyl groups excluding tert-OH is 1. The van der Waals surface area contributed by atoms with Crippen molar-refractivity contribution in [1.82, 2.24) is 4.90 Å². The molecule has 5 heteroatoms. The van der Waals surface area contributed by atoms with Crippen molar-refractivity contribution in [3.8, 4) is 0 Å². The van der Waals surface area contributed by atoms with Crippen LogP contribution in [0.4, 0.5) is 10.1 Å². The van der Waals surface area contributed by atoms with E-state index in [0.717, 1.165) is 18.7 Å². The molecule has 0 heterocycles. The molecule has 0 aliphatic rings. The van der Waals surface area contributed by atoms with Crippen LogP contribution < -0.4 is 5.32 Å². The van der Waals surface area contributed by atoms with Gasteiger partial charge in [-0.05, 0) is 74.4 Å². The summed E-state index contributed by atoms with van der Waals surface area (Å²) < 4.78 is 13.3. The summed E-state index contributed by atoms with van der Waals surface area (Å²) in [7, 11) is 5.77. The maximum absolute atomic E-state index is 13.3. The molecule has 0 spiro atoms. The Labute approximate surface area is 148 Å². The topological polar surface area (TPSA) is 55.7 Å². The van der Waals surface area contributed by atoms with Gasteiger partial charge < -0.3 is 20.4 Å². The molecule has 2 rings (SSSR count). The number of anilines is 1. The van der Waals surface area contributed by atoms with E-state index in [9.17, 15) is 14.6 Å². The molecule has 0 radical (unpaired) electrons. The van der Waals surface area contributed by atoms with Crippen molar-refractivity contribution < 1.29 is 14.6 Å². The van der Waals surface area contributed by atoms with E-state index in [4.69, 9.17) is 0 Å². The largest absolute Gasteiger partial charge is 0.392 e. The van der Waals surface area contributed by atoms with Crippen LogP contribution in [-0.2, 0) is 12.2 Å². The van der Waals surface area contributed by atoms with Gasteiger partial charge in [0.15, 0.2) is 0 Å². The lowest BCUT2D eigenvalue weighted by Gasteiger charge is -2.32. The number of nitrogens with one attached hydrogen (secondary N) is 1. The maximum Gasteiger partial charge on any atom is 0.123 e. The molecule has 0 aliphatic carbocycles. The van der Waals surface area contributed by atoms with Crippen LogP contribution in [0.25, 0.3) is 0 Å². The SMILES string of the molecule is CNc1ccc(C(O)(CCCN(C)C)c2ccc(F)cc2)c(CO)c1. The normalized spacial score (nSPS) is 13.7. The lowest BCUT2D eigenvalue weighted by atomic mass is 9.80. The van der Waals surface area contributed by atoms with Gasteiger partial charge in [-0.3, -0.25) is 0 Å². The Kier molecular flexibility index (Phi) is 6.53. The summed E-state index contributed by atoms with van der Waals surface area (Å²) in [6.45, 7) is 0.647. The number of rotatable bonds is 8. The lowest BCUT2D eigenvalue weighted by Crippen LogP contribution is -2.30. The van der Waals surface area contributed by atoms with Gasteiger partial charge in [-0.15, -0.1) is 0 Å². The van der Waals surface area contributed by atoms with Crippen molar-refractivity contribution in [1.29, 1.82) is 0 Å². The van der Waals surface area contributed by atoms with E-state index in [1.54, 1.807) is 19.2 Å². The Morgan fingerprint density at radius 3 is 2.36 bits per heavy atom. The first-order chi connectivity index (χ1) is 11.9. The van der Waals surface area contributed by atoms with E-state index in [1.165, 1.54) is 12.1 Å². The fourth-order valence-corrected chi connectivity index (χ4v) is 3.09. The van der Waals surface area contributed by atoms with Crippen LogP contribution in [0, 0.1) is 5.82 Å². The predicted molar refractivity (Wildman–Crippen MR) is 99.1 cm³/mol. The molecule has 0 saturated heterocycles. The van der Waals surface area contributed by atoms with Crippen molar-refractivity contribution in [3.05, 3.63) is 65.0 Å². The lowest BCUT2D eigenvalue weighted by molar-refractivity contribution is 0.0641. The van der Waals surface area contributed by atoms with Gasteiger partial charge >= 0.3 is 0 Å². The highest BCUT2D eigenvalue weighted by Gasteiger charge is 2.33. The molecular formula is C20H27FN2O2. The Bertz CT molecular complexity index is 689. The third kappa shape index (κ3) is 4.57. The van der Waals surface area contributed by atoms with Gasteiger partial charge in [0.2, 0.25) is 0 Å². The number of hydrogen-bond donors (Lipinski definition) is 3. The maximum atomic E-state index is 13.3. The van der Waals surface area contributed by atoms with Crippen molar-refractivity contribution >= 4 is 5.69 Å². The zero-order valence-electron chi connectivity index (χ0n) is 15.1. The van der Waals surface area contributed by atoms with Crippen molar-refractivity contribution in [2.45, 2.75) is 25.0 Å². The summed E-state index contributed by atoms with van der Waals surface area (Å²) in [5, 5.41) is 24.4. The fraction of sp³-hybridized carbons (Fsp3) is 0.400. The summed E-state index contributed by atoms with van der Waals surface area (Å²) in [6.07, 6.45) is 1.24. The molecular weight excluding hydrogens is 319 g/mol. The molecule has 136 valence electrons. The third-order valence-electron chi connectivity index (χ3n) is 4.48. The Hall–Kier alpha value is -1.95. The smallest absolute Gasteiger partial charge is 0.123 e. The van der Waals surface area contributed by atoms with Crippen LogP contribution in [0.2, 0.25) is 0 Å². The molecule has 0 aromatic heterocycles. The second kappa shape index (κ2) is 8.43. The number of halogens is 1. The molecule has 0 bridgehead atoms. The number of aliphatic hydroxyl groups is 2. The summed E-state index contributed by atoms with van der Waals surface area (Å²) in [6, 6.07) is 11.5. The number of hydrogen-bond acceptors (Lipinski definition) is 4. The first-order valence-electron chi connectivity index (χ1n) is 8.46. The molecule has 2 aromatic carbocycles. The zero-order chi connectivity index (χ0) is 18.4. The van der Waals surface area contributed by atoms with Gasteiger partial charge in [0.25, 0.3) is 0 Å². The standard InChI is InChI=1S/C20H27FN2O2/c1-22-18-9-10-19(15(13-18)14-24)20(25,11-4-12-23(2)3)16-5-7-17(21)8-6-16/h5-10,13,22,24-25H,4,11-12,14H2,1-3H3. The van der Waals surface area contributed by atoms with E-state index in [-0.39, 0.29) is 12.4 Å². The van der Waals surface area contributed by atoms with Crippen LogP contribution >= 0.6 is 0 Å². The highest BCUT2D eigenvalue weighted by Crippen LogP contribution is 2.37. The molecule has 25 heavy (non-hydrogen) atoms. The minimum atomic E-state index is -1.28. The number of benzene rings is 2. The van der Waals surface area contributed by atoms with Crippen molar-refractivity contribution in [2.75, 3.05) is 33.0 Å². The molecule has 0 amide bonds. The summed E-state index contributed by atoms with van der Waals surface area (Å²) in [5.74, 6) is -0.340. The van der Waals surface area contributed by atoms with Gasteiger partial charge in [-0.2, -0.15) is 0 Å². The van der Waals surface area contributed by atoms with E-state index >= 15 is 0 Å². The Morgan fingerprint density at radius 1 is 1.12 bits per heavy atom. The minimum absolute atomic E-state index is 0.179. The molecule has 0 aliphatic heterocycles. The molecule has 0 fully saturated rings. The van der Waals surface area contributed by atoms with Crippen molar-refractivity contribution in [2.24, 2.45) is 0 Å². The summed E-state index contributed by atoms with van der Waals surface area (Å²) in [4.78, 5) is 2.06. The highest BCUT2D eigenvalue weighted by molar-refractivity contribution is 5.51. The Balaban J connectivity index is 2.48. The number of nitrogens with zero attached hydrogens (tertiary/aromatic N) is 1. The highest BCUT2D eigenvalue weighted by atomic mass is 19.1. The van der Waals surface area contributed by atoms with Crippen LogP contribution in [0.3, 0.4) is 0 Å². The summed E-state index contributed by atoms with van der Waals surface area (Å²) >= 11 is 0. The van der Waals surface area contributed by atoms with E-state index in [2.05, 4.69) is 10.2 Å². The van der Waals surface area contributed by atoms with Gasteiger partial charge in [0.05, 0.1) is 6.61 Å². The third-order valence-corrected chi connectivity index (χ3v) is 4.48. The monoisotopic (exact) mass is 346 g/mol. The molecule has 2 aromatic rings. The second-order valence-electron chi connectivity index (χ2n) is 6.55. The van der Waals surface area contributed by atoms with E-state index < -0.39 is 5.60 Å².